The molecule has 3 rings (SSSR count). The summed E-state index contributed by atoms with van der Waals surface area (Å²) < 4.78 is 1.14. The molecule has 2 aliphatic rings. The maximum Gasteiger partial charge on any atom is 0.291 e. The van der Waals surface area contributed by atoms with E-state index in [0.29, 0.717) is 0 Å². The highest BCUT2D eigenvalue weighted by Gasteiger charge is 2.44. The molecule has 10 heteroatoms. The number of ketones is 1. The molecule has 22 heavy (non-hydrogen) atoms. The molecule has 0 fully saturated rings. The SMILES string of the molecule is CC1(C)CC(=O)C([C@H]2C([N+](=O)[O-])=CNc3nnnn32)=C(O)C1. The molecule has 116 valence electrons. The van der Waals surface area contributed by atoms with Gasteiger partial charge in [0.05, 0.1) is 16.7 Å². The minimum absolute atomic E-state index is 0.0164. The normalized spacial score (nSPS) is 23.6. The van der Waals surface area contributed by atoms with E-state index in [-0.39, 0.29) is 47.0 Å². The topological polar surface area (TPSA) is 136 Å². The molecular formula is C12H14N6O4. The Balaban J connectivity index is 2.15. The number of hydrogen-bond donors (Lipinski definition) is 2. The van der Waals surface area contributed by atoms with Crippen LogP contribution in [0.3, 0.4) is 0 Å². The maximum absolute atomic E-state index is 12.4. The van der Waals surface area contributed by atoms with Gasteiger partial charge in [0.2, 0.25) is 5.95 Å². The van der Waals surface area contributed by atoms with Crippen LogP contribution in [0, 0.1) is 15.5 Å². The van der Waals surface area contributed by atoms with Gasteiger partial charge in [0.1, 0.15) is 5.76 Å². The number of Topliss-reactive ketones (excluding diaryl/α,β-unsaturated/α-hetero) is 1. The van der Waals surface area contributed by atoms with Gasteiger partial charge in [-0.2, -0.15) is 4.68 Å². The quantitative estimate of drug-likeness (QED) is 0.609. The van der Waals surface area contributed by atoms with Crippen molar-refractivity contribution in [1.82, 2.24) is 20.2 Å². The van der Waals surface area contributed by atoms with E-state index < -0.39 is 11.0 Å². The number of aliphatic hydroxyl groups is 1. The maximum atomic E-state index is 12.4. The van der Waals surface area contributed by atoms with Gasteiger partial charge in [-0.3, -0.25) is 14.9 Å². The van der Waals surface area contributed by atoms with Crippen LogP contribution in [0.4, 0.5) is 5.95 Å². The number of aromatic nitrogens is 4. The largest absolute Gasteiger partial charge is 0.512 e. The first kappa shape index (κ1) is 14.2. The molecule has 2 heterocycles. The molecule has 0 bridgehead atoms. The summed E-state index contributed by atoms with van der Waals surface area (Å²) >= 11 is 0. The molecule has 1 aromatic heterocycles. The van der Waals surface area contributed by atoms with Crippen molar-refractivity contribution in [2.75, 3.05) is 5.32 Å². The summed E-state index contributed by atoms with van der Waals surface area (Å²) in [5.74, 6) is -0.314. The van der Waals surface area contributed by atoms with Crippen LogP contribution < -0.4 is 5.32 Å². The molecule has 0 saturated carbocycles. The van der Waals surface area contributed by atoms with Crippen molar-refractivity contribution in [3.63, 3.8) is 0 Å². The third kappa shape index (κ3) is 2.12. The number of fused-ring (bicyclic) bond motifs is 1. The van der Waals surface area contributed by atoms with Crippen molar-refractivity contribution in [3.8, 4) is 0 Å². The van der Waals surface area contributed by atoms with Crippen molar-refractivity contribution in [3.05, 3.63) is 33.3 Å². The Kier molecular flexibility index (Phi) is 2.97. The molecular weight excluding hydrogens is 292 g/mol. The molecule has 0 amide bonds. The summed E-state index contributed by atoms with van der Waals surface area (Å²) in [5.41, 5.74) is -0.703. The number of aliphatic hydroxyl groups excluding tert-OH is 1. The highest BCUT2D eigenvalue weighted by atomic mass is 16.6. The molecule has 0 unspecified atom stereocenters. The van der Waals surface area contributed by atoms with Crippen LogP contribution in [0.25, 0.3) is 0 Å². The second-order valence-electron chi connectivity index (χ2n) is 6.12. The van der Waals surface area contributed by atoms with Crippen molar-refractivity contribution in [1.29, 1.82) is 0 Å². The molecule has 10 nitrogen and oxygen atoms in total. The van der Waals surface area contributed by atoms with Crippen LogP contribution in [0.5, 0.6) is 0 Å². The summed E-state index contributed by atoms with van der Waals surface area (Å²) in [6.07, 6.45) is 1.60. The molecule has 0 radical (unpaired) electrons. The first-order valence-corrected chi connectivity index (χ1v) is 6.64. The Morgan fingerprint density at radius 3 is 2.86 bits per heavy atom. The van der Waals surface area contributed by atoms with E-state index in [9.17, 15) is 20.0 Å². The van der Waals surface area contributed by atoms with Gasteiger partial charge in [-0.15, -0.1) is 0 Å². The lowest BCUT2D eigenvalue weighted by atomic mass is 9.74. The lowest BCUT2D eigenvalue weighted by Gasteiger charge is -2.32. The number of carbonyl (C=O) groups is 1. The van der Waals surface area contributed by atoms with Crippen LogP contribution >= 0.6 is 0 Å². The van der Waals surface area contributed by atoms with Gasteiger partial charge in [-0.1, -0.05) is 18.9 Å². The second kappa shape index (κ2) is 4.61. The number of hydrogen-bond acceptors (Lipinski definition) is 8. The van der Waals surface area contributed by atoms with Crippen LogP contribution in [0.2, 0.25) is 0 Å². The predicted molar refractivity (Wildman–Crippen MR) is 73.2 cm³/mol. The number of rotatable bonds is 2. The summed E-state index contributed by atoms with van der Waals surface area (Å²) in [4.78, 5) is 23.1. The Labute approximate surface area is 124 Å². The fourth-order valence-corrected chi connectivity index (χ4v) is 2.84. The molecule has 2 N–H and O–H groups in total. The minimum atomic E-state index is -1.13. The van der Waals surface area contributed by atoms with Crippen molar-refractivity contribution >= 4 is 11.7 Å². The number of nitrogens with one attached hydrogen (secondary N) is 1. The number of nitrogens with zero attached hydrogens (tertiary/aromatic N) is 5. The van der Waals surface area contributed by atoms with E-state index in [0.717, 1.165) is 10.9 Å². The highest BCUT2D eigenvalue weighted by Crippen LogP contribution is 2.42. The van der Waals surface area contributed by atoms with Crippen molar-refractivity contribution in [2.24, 2.45) is 5.41 Å². The fourth-order valence-electron chi connectivity index (χ4n) is 2.84. The average Bonchev–Trinajstić information content (AvgIpc) is 2.84. The van der Waals surface area contributed by atoms with E-state index in [2.05, 4.69) is 20.8 Å². The zero-order valence-electron chi connectivity index (χ0n) is 12.0. The van der Waals surface area contributed by atoms with Crippen molar-refractivity contribution < 1.29 is 14.8 Å². The number of tetrazole rings is 1. The number of nitro groups is 1. The zero-order chi connectivity index (χ0) is 16.1. The summed E-state index contributed by atoms with van der Waals surface area (Å²) in [6, 6.07) is -1.13. The fraction of sp³-hybridized carbons (Fsp3) is 0.500. The van der Waals surface area contributed by atoms with Crippen LogP contribution in [-0.2, 0) is 4.79 Å². The van der Waals surface area contributed by atoms with Gasteiger partial charge in [-0.25, -0.2) is 0 Å². The minimum Gasteiger partial charge on any atom is -0.512 e. The molecule has 0 aromatic carbocycles. The molecule has 1 atom stereocenters. The summed E-state index contributed by atoms with van der Waals surface area (Å²) in [6.45, 7) is 3.71. The second-order valence-corrected chi connectivity index (χ2v) is 6.12. The first-order chi connectivity index (χ1) is 10.3. The Morgan fingerprint density at radius 2 is 2.23 bits per heavy atom. The number of anilines is 1. The molecule has 0 spiro atoms. The van der Waals surface area contributed by atoms with E-state index in [4.69, 9.17) is 0 Å². The van der Waals surface area contributed by atoms with E-state index >= 15 is 0 Å². The highest BCUT2D eigenvalue weighted by molar-refractivity contribution is 5.98. The Morgan fingerprint density at radius 1 is 1.50 bits per heavy atom. The van der Waals surface area contributed by atoms with Crippen LogP contribution in [0.1, 0.15) is 32.7 Å². The molecule has 1 aliphatic carbocycles. The van der Waals surface area contributed by atoms with Gasteiger partial charge >= 0.3 is 0 Å². The third-order valence-corrected chi connectivity index (χ3v) is 3.75. The van der Waals surface area contributed by atoms with E-state index in [1.807, 2.05) is 13.8 Å². The van der Waals surface area contributed by atoms with E-state index in [1.54, 1.807) is 0 Å². The van der Waals surface area contributed by atoms with Crippen molar-refractivity contribution in [2.45, 2.75) is 32.7 Å². The Hall–Kier alpha value is -2.78. The van der Waals surface area contributed by atoms with E-state index in [1.165, 1.54) is 0 Å². The first-order valence-electron chi connectivity index (χ1n) is 6.64. The Bertz CT molecular complexity index is 732. The van der Waals surface area contributed by atoms with Gasteiger partial charge in [0.25, 0.3) is 5.70 Å². The average molecular weight is 306 g/mol. The summed E-state index contributed by atoms with van der Waals surface area (Å²) in [7, 11) is 0. The monoisotopic (exact) mass is 306 g/mol. The number of carbonyl (C=O) groups excluding carboxylic acids is 1. The molecule has 1 aliphatic heterocycles. The zero-order valence-corrected chi connectivity index (χ0v) is 12.0. The molecule has 0 saturated heterocycles. The van der Waals surface area contributed by atoms with Crippen LogP contribution in [0.15, 0.2) is 23.2 Å². The lowest BCUT2D eigenvalue weighted by molar-refractivity contribution is -0.431. The number of allylic oxidation sites excluding steroid dienone is 2. The standard InChI is InChI=1S/C12H14N6O4/c1-12(2)3-7(19)9(8(20)4-12)10-6(18(21)22)5-13-11-14-15-16-17(10)11/h5,10,19H,3-4H2,1-2H3,(H,13,14,16)/t10-/m1/s1. The smallest absolute Gasteiger partial charge is 0.291 e. The van der Waals surface area contributed by atoms with Crippen LogP contribution in [-0.4, -0.2) is 36.0 Å². The van der Waals surface area contributed by atoms with Gasteiger partial charge in [0, 0.05) is 12.8 Å². The third-order valence-electron chi connectivity index (χ3n) is 3.75. The lowest BCUT2D eigenvalue weighted by Crippen LogP contribution is -2.34. The van der Waals surface area contributed by atoms with Gasteiger partial charge < -0.3 is 10.4 Å². The molecule has 1 aromatic rings. The predicted octanol–water partition coefficient (Wildman–Crippen LogP) is 0.959. The summed E-state index contributed by atoms with van der Waals surface area (Å²) in [5, 5.41) is 35.0. The van der Waals surface area contributed by atoms with Gasteiger partial charge in [-0.05, 0) is 15.8 Å². The van der Waals surface area contributed by atoms with Gasteiger partial charge in [0.15, 0.2) is 11.8 Å².